The third-order valence-corrected chi connectivity index (χ3v) is 4.94. The molecule has 0 radical (unpaired) electrons. The molecular weight excluding hydrogens is 342 g/mol. The summed E-state index contributed by atoms with van der Waals surface area (Å²) < 4.78 is 0. The van der Waals surface area contributed by atoms with Gasteiger partial charge in [0, 0.05) is 29.1 Å². The second kappa shape index (κ2) is 6.78. The average Bonchev–Trinajstić information content (AvgIpc) is 2.91. The Hall–Kier alpha value is -3.72. The van der Waals surface area contributed by atoms with Gasteiger partial charge in [0.25, 0.3) is 0 Å². The molecule has 2 aromatic heterocycles. The van der Waals surface area contributed by atoms with E-state index in [-0.39, 0.29) is 0 Å². The van der Waals surface area contributed by atoms with Crippen LogP contribution in [0.3, 0.4) is 0 Å². The predicted molar refractivity (Wildman–Crippen MR) is 116 cm³/mol. The minimum atomic E-state index is 0.886. The SMILES string of the molecule is Cc1cnc2c(c1)C=Cc1cccnc1N2c1ccccc1-c1ccccc1. The van der Waals surface area contributed by atoms with E-state index in [1.807, 2.05) is 24.5 Å². The van der Waals surface area contributed by atoms with Crippen LogP contribution >= 0.6 is 0 Å². The van der Waals surface area contributed by atoms with Crippen LogP contribution in [0.1, 0.15) is 16.7 Å². The molecule has 5 rings (SSSR count). The van der Waals surface area contributed by atoms with Crippen LogP contribution in [0.4, 0.5) is 17.3 Å². The van der Waals surface area contributed by atoms with Gasteiger partial charge in [-0.05, 0) is 42.3 Å². The average molecular weight is 361 g/mol. The molecule has 3 heterocycles. The van der Waals surface area contributed by atoms with Crippen LogP contribution in [0.2, 0.25) is 0 Å². The lowest BCUT2D eigenvalue weighted by Gasteiger charge is -2.27. The van der Waals surface area contributed by atoms with Crippen molar-refractivity contribution in [1.29, 1.82) is 0 Å². The molecule has 0 saturated carbocycles. The van der Waals surface area contributed by atoms with Crippen molar-refractivity contribution < 1.29 is 0 Å². The van der Waals surface area contributed by atoms with Gasteiger partial charge in [-0.15, -0.1) is 0 Å². The number of anilines is 3. The summed E-state index contributed by atoms with van der Waals surface area (Å²) in [5.41, 5.74) is 6.67. The molecular formula is C25H19N3. The maximum Gasteiger partial charge on any atom is 0.146 e. The highest BCUT2D eigenvalue weighted by Crippen LogP contribution is 2.43. The van der Waals surface area contributed by atoms with Gasteiger partial charge in [-0.2, -0.15) is 0 Å². The zero-order chi connectivity index (χ0) is 18.9. The maximum absolute atomic E-state index is 4.80. The summed E-state index contributed by atoms with van der Waals surface area (Å²) in [4.78, 5) is 11.7. The van der Waals surface area contributed by atoms with Gasteiger partial charge in [0.05, 0.1) is 5.69 Å². The Bertz CT molecular complexity index is 1180. The molecule has 0 amide bonds. The second-order valence-electron chi connectivity index (χ2n) is 6.89. The number of para-hydroxylation sites is 1. The highest BCUT2D eigenvalue weighted by atomic mass is 15.2. The number of aryl methyl sites for hydroxylation is 1. The molecule has 3 nitrogen and oxygen atoms in total. The molecule has 0 aliphatic carbocycles. The van der Waals surface area contributed by atoms with Gasteiger partial charge in [-0.25, -0.2) is 9.97 Å². The summed E-state index contributed by atoms with van der Waals surface area (Å²) in [6, 6.07) is 25.1. The number of fused-ring (bicyclic) bond motifs is 2. The Balaban J connectivity index is 1.81. The summed E-state index contributed by atoms with van der Waals surface area (Å²) in [5, 5.41) is 0. The van der Waals surface area contributed by atoms with E-state index >= 15 is 0 Å². The molecule has 0 fully saturated rings. The van der Waals surface area contributed by atoms with Gasteiger partial charge in [-0.1, -0.05) is 60.7 Å². The maximum atomic E-state index is 4.80. The molecule has 0 spiro atoms. The van der Waals surface area contributed by atoms with Crippen LogP contribution in [0, 0.1) is 6.92 Å². The van der Waals surface area contributed by atoms with Crippen molar-refractivity contribution in [2.45, 2.75) is 6.92 Å². The first kappa shape index (κ1) is 16.5. The van der Waals surface area contributed by atoms with Crippen molar-refractivity contribution in [1.82, 2.24) is 9.97 Å². The molecule has 0 N–H and O–H groups in total. The number of nitrogens with zero attached hydrogens (tertiary/aromatic N) is 3. The van der Waals surface area contributed by atoms with Crippen molar-refractivity contribution in [3.05, 3.63) is 102 Å². The summed E-state index contributed by atoms with van der Waals surface area (Å²) >= 11 is 0. The lowest BCUT2D eigenvalue weighted by molar-refractivity contribution is 1.11. The standard InChI is InChI=1S/C25H19N3/c1-18-16-21-14-13-20-10-7-15-26-24(20)28(25(21)27-17-18)23-12-6-5-11-22(23)19-8-3-2-4-9-19/h2-17H,1H3. The van der Waals surface area contributed by atoms with Crippen LogP contribution in [-0.4, -0.2) is 9.97 Å². The number of hydrogen-bond acceptors (Lipinski definition) is 3. The monoisotopic (exact) mass is 361 g/mol. The van der Waals surface area contributed by atoms with Crippen molar-refractivity contribution in [3.8, 4) is 11.1 Å². The van der Waals surface area contributed by atoms with Gasteiger partial charge in [-0.3, -0.25) is 4.90 Å². The predicted octanol–water partition coefficient (Wildman–Crippen LogP) is 6.41. The highest BCUT2D eigenvalue weighted by Gasteiger charge is 2.24. The largest absolute Gasteiger partial charge is 0.277 e. The molecule has 28 heavy (non-hydrogen) atoms. The minimum Gasteiger partial charge on any atom is -0.277 e. The van der Waals surface area contributed by atoms with E-state index in [1.54, 1.807) is 0 Å². The van der Waals surface area contributed by atoms with E-state index < -0.39 is 0 Å². The van der Waals surface area contributed by atoms with Crippen LogP contribution in [0.15, 0.2) is 85.2 Å². The van der Waals surface area contributed by atoms with Crippen molar-refractivity contribution in [3.63, 3.8) is 0 Å². The lowest BCUT2D eigenvalue weighted by atomic mass is 10.0. The fraction of sp³-hybridized carbons (Fsp3) is 0.0400. The normalized spacial score (nSPS) is 12.2. The van der Waals surface area contributed by atoms with Crippen LogP contribution < -0.4 is 4.90 Å². The van der Waals surface area contributed by atoms with Gasteiger partial charge in [0.2, 0.25) is 0 Å². The molecule has 0 saturated heterocycles. The Morgan fingerprint density at radius 2 is 1.46 bits per heavy atom. The molecule has 2 aromatic carbocycles. The van der Waals surface area contributed by atoms with Gasteiger partial charge in [0.15, 0.2) is 0 Å². The van der Waals surface area contributed by atoms with Crippen molar-refractivity contribution in [2.75, 3.05) is 4.90 Å². The topological polar surface area (TPSA) is 29.0 Å². The molecule has 4 aromatic rings. The van der Waals surface area contributed by atoms with E-state index in [9.17, 15) is 0 Å². The molecule has 0 bridgehead atoms. The van der Waals surface area contributed by atoms with E-state index in [0.717, 1.165) is 39.6 Å². The van der Waals surface area contributed by atoms with Crippen molar-refractivity contribution in [2.24, 2.45) is 0 Å². The Morgan fingerprint density at radius 3 is 2.36 bits per heavy atom. The van der Waals surface area contributed by atoms with E-state index in [2.05, 4.69) is 84.6 Å². The molecule has 1 aliphatic heterocycles. The zero-order valence-electron chi connectivity index (χ0n) is 15.6. The number of pyridine rings is 2. The van der Waals surface area contributed by atoms with Gasteiger partial charge in [0.1, 0.15) is 11.6 Å². The Morgan fingerprint density at radius 1 is 0.714 bits per heavy atom. The molecule has 0 atom stereocenters. The fourth-order valence-electron chi connectivity index (χ4n) is 3.66. The molecule has 1 aliphatic rings. The van der Waals surface area contributed by atoms with Crippen LogP contribution in [-0.2, 0) is 0 Å². The smallest absolute Gasteiger partial charge is 0.146 e. The summed E-state index contributed by atoms with van der Waals surface area (Å²) in [6.45, 7) is 2.07. The zero-order valence-corrected chi connectivity index (χ0v) is 15.6. The first-order chi connectivity index (χ1) is 13.8. The van der Waals surface area contributed by atoms with Gasteiger partial charge < -0.3 is 0 Å². The third-order valence-electron chi connectivity index (χ3n) is 4.94. The summed E-state index contributed by atoms with van der Waals surface area (Å²) in [5.74, 6) is 1.78. The van der Waals surface area contributed by atoms with E-state index in [4.69, 9.17) is 9.97 Å². The minimum absolute atomic E-state index is 0.886. The quantitative estimate of drug-likeness (QED) is 0.364. The van der Waals surface area contributed by atoms with Crippen LogP contribution in [0.25, 0.3) is 23.3 Å². The Labute approximate surface area is 164 Å². The van der Waals surface area contributed by atoms with Gasteiger partial charge >= 0.3 is 0 Å². The van der Waals surface area contributed by atoms with E-state index in [0.29, 0.717) is 0 Å². The van der Waals surface area contributed by atoms with Crippen molar-refractivity contribution >= 4 is 29.5 Å². The molecule has 0 unspecified atom stereocenters. The lowest BCUT2D eigenvalue weighted by Crippen LogP contribution is -2.15. The number of benzene rings is 2. The Kier molecular flexibility index (Phi) is 3.99. The number of aromatic nitrogens is 2. The first-order valence-electron chi connectivity index (χ1n) is 9.35. The van der Waals surface area contributed by atoms with Crippen LogP contribution in [0.5, 0.6) is 0 Å². The molecule has 134 valence electrons. The fourth-order valence-corrected chi connectivity index (χ4v) is 3.66. The third kappa shape index (κ3) is 2.78. The first-order valence-corrected chi connectivity index (χ1v) is 9.35. The highest BCUT2D eigenvalue weighted by molar-refractivity contribution is 5.94. The number of rotatable bonds is 2. The number of hydrogen-bond donors (Lipinski definition) is 0. The van der Waals surface area contributed by atoms with E-state index in [1.165, 1.54) is 5.56 Å². The summed E-state index contributed by atoms with van der Waals surface area (Å²) in [6.07, 6.45) is 8.00. The second-order valence-corrected chi connectivity index (χ2v) is 6.89. The molecule has 3 heteroatoms. The summed E-state index contributed by atoms with van der Waals surface area (Å²) in [7, 11) is 0.